The molecule has 2 nitrogen and oxygen atoms in total. The van der Waals surface area contributed by atoms with Crippen LogP contribution >= 0.6 is 0 Å². The maximum atomic E-state index is 5.60. The van der Waals surface area contributed by atoms with Crippen LogP contribution in [0, 0.1) is 13.8 Å². The Morgan fingerprint density at radius 2 is 2.00 bits per heavy atom. The van der Waals surface area contributed by atoms with Gasteiger partial charge in [0.05, 0.1) is 13.2 Å². The van der Waals surface area contributed by atoms with Crippen molar-refractivity contribution in [1.82, 2.24) is 0 Å². The minimum absolute atomic E-state index is 0.436. The molecule has 0 radical (unpaired) electrons. The van der Waals surface area contributed by atoms with E-state index in [1.165, 1.54) is 33.5 Å². The first-order valence-corrected chi connectivity index (χ1v) is 7.23. The van der Waals surface area contributed by atoms with Crippen molar-refractivity contribution in [3.8, 4) is 5.75 Å². The zero-order valence-corrected chi connectivity index (χ0v) is 12.2. The number of methoxy groups -OCH3 is 1. The molecule has 0 amide bonds. The number of hydrogen-bond donors (Lipinski definition) is 1. The standard InChI is InChI=1S/C18H19NO/c1-10-8-15-16(11(2)18(10)20-3)14-9-12-6-4-5-7-13(12)17(14)19-15/h4-8,14,17,19H,9H2,1-3H3/t14-,17-/m0/s1. The molecule has 0 unspecified atom stereocenters. The summed E-state index contributed by atoms with van der Waals surface area (Å²) >= 11 is 0. The highest BCUT2D eigenvalue weighted by molar-refractivity contribution is 5.70. The Morgan fingerprint density at radius 3 is 2.80 bits per heavy atom. The van der Waals surface area contributed by atoms with Gasteiger partial charge in [-0.1, -0.05) is 24.3 Å². The van der Waals surface area contributed by atoms with Gasteiger partial charge in [0.1, 0.15) is 5.75 Å². The molecule has 1 aliphatic heterocycles. The fourth-order valence-electron chi connectivity index (χ4n) is 4.10. The summed E-state index contributed by atoms with van der Waals surface area (Å²) in [5.41, 5.74) is 8.21. The molecular weight excluding hydrogens is 246 g/mol. The summed E-state index contributed by atoms with van der Waals surface area (Å²) in [6, 6.07) is 11.5. The molecule has 102 valence electrons. The van der Waals surface area contributed by atoms with Crippen LogP contribution in [0.4, 0.5) is 5.69 Å². The second-order valence-corrected chi connectivity index (χ2v) is 5.94. The second kappa shape index (κ2) is 4.02. The van der Waals surface area contributed by atoms with Crippen LogP contribution in [-0.2, 0) is 6.42 Å². The maximum Gasteiger partial charge on any atom is 0.125 e. The van der Waals surface area contributed by atoms with Crippen LogP contribution in [0.25, 0.3) is 0 Å². The minimum Gasteiger partial charge on any atom is -0.496 e. The van der Waals surface area contributed by atoms with Crippen LogP contribution in [-0.4, -0.2) is 7.11 Å². The molecule has 0 bridgehead atoms. The largest absolute Gasteiger partial charge is 0.496 e. The van der Waals surface area contributed by atoms with E-state index in [1.54, 1.807) is 7.11 Å². The molecule has 0 fully saturated rings. The average Bonchev–Trinajstić information content (AvgIpc) is 2.94. The van der Waals surface area contributed by atoms with Gasteiger partial charge >= 0.3 is 0 Å². The van der Waals surface area contributed by atoms with Gasteiger partial charge in [0, 0.05) is 11.6 Å². The van der Waals surface area contributed by atoms with Crippen LogP contribution < -0.4 is 10.1 Å². The van der Waals surface area contributed by atoms with Crippen molar-refractivity contribution in [1.29, 1.82) is 0 Å². The molecule has 0 aromatic heterocycles. The average molecular weight is 265 g/mol. The van der Waals surface area contributed by atoms with Crippen LogP contribution in [0.2, 0.25) is 0 Å². The summed E-state index contributed by atoms with van der Waals surface area (Å²) < 4.78 is 5.60. The van der Waals surface area contributed by atoms with E-state index >= 15 is 0 Å². The molecular formula is C18H19NO. The molecule has 2 atom stereocenters. The Labute approximate surface area is 119 Å². The SMILES string of the molecule is COc1c(C)cc2c(c1C)[C@@H]1Cc3ccccc3[C@@H]1N2. The summed E-state index contributed by atoms with van der Waals surface area (Å²) in [6.45, 7) is 4.31. The van der Waals surface area contributed by atoms with Gasteiger partial charge in [-0.05, 0) is 54.2 Å². The van der Waals surface area contributed by atoms with Gasteiger partial charge in [0.15, 0.2) is 0 Å². The quantitative estimate of drug-likeness (QED) is 0.837. The Balaban J connectivity index is 1.87. The van der Waals surface area contributed by atoms with E-state index in [0.717, 1.165) is 12.2 Å². The van der Waals surface area contributed by atoms with Crippen molar-refractivity contribution in [2.24, 2.45) is 0 Å². The van der Waals surface area contributed by atoms with Crippen molar-refractivity contribution in [3.63, 3.8) is 0 Å². The number of fused-ring (bicyclic) bond motifs is 5. The molecule has 2 heteroatoms. The highest BCUT2D eigenvalue weighted by atomic mass is 16.5. The van der Waals surface area contributed by atoms with Crippen molar-refractivity contribution < 1.29 is 4.74 Å². The lowest BCUT2D eigenvalue weighted by Gasteiger charge is -2.15. The summed E-state index contributed by atoms with van der Waals surface area (Å²) in [5.74, 6) is 1.60. The molecule has 2 aromatic rings. The third kappa shape index (κ3) is 1.39. The lowest BCUT2D eigenvalue weighted by Crippen LogP contribution is -2.05. The van der Waals surface area contributed by atoms with E-state index in [9.17, 15) is 0 Å². The van der Waals surface area contributed by atoms with E-state index in [0.29, 0.717) is 12.0 Å². The van der Waals surface area contributed by atoms with Crippen molar-refractivity contribution in [2.75, 3.05) is 12.4 Å². The number of rotatable bonds is 1. The van der Waals surface area contributed by atoms with Crippen LogP contribution in [0.3, 0.4) is 0 Å². The minimum atomic E-state index is 0.436. The Hall–Kier alpha value is -1.96. The van der Waals surface area contributed by atoms with E-state index in [1.807, 2.05) is 0 Å². The highest BCUT2D eigenvalue weighted by Crippen LogP contribution is 2.54. The van der Waals surface area contributed by atoms with E-state index < -0.39 is 0 Å². The smallest absolute Gasteiger partial charge is 0.125 e. The molecule has 0 saturated carbocycles. The zero-order valence-electron chi connectivity index (χ0n) is 12.2. The molecule has 20 heavy (non-hydrogen) atoms. The van der Waals surface area contributed by atoms with Gasteiger partial charge in [-0.15, -0.1) is 0 Å². The number of nitrogens with one attached hydrogen (secondary N) is 1. The Kier molecular flexibility index (Phi) is 2.38. The highest BCUT2D eigenvalue weighted by Gasteiger charge is 2.41. The van der Waals surface area contributed by atoms with Crippen molar-refractivity contribution in [3.05, 3.63) is 58.1 Å². The molecule has 2 aliphatic rings. The lowest BCUT2D eigenvalue weighted by molar-refractivity contribution is 0.407. The predicted octanol–water partition coefficient (Wildman–Crippen LogP) is 4.12. The van der Waals surface area contributed by atoms with Gasteiger partial charge in [-0.25, -0.2) is 0 Å². The summed E-state index contributed by atoms with van der Waals surface area (Å²) in [7, 11) is 1.77. The Bertz CT molecular complexity index is 705. The van der Waals surface area contributed by atoms with E-state index in [4.69, 9.17) is 4.74 Å². The van der Waals surface area contributed by atoms with Crippen LogP contribution in [0.15, 0.2) is 30.3 Å². The first kappa shape index (κ1) is 11.8. The predicted molar refractivity (Wildman–Crippen MR) is 81.7 cm³/mol. The first-order valence-electron chi connectivity index (χ1n) is 7.23. The molecule has 1 heterocycles. The molecule has 1 aliphatic carbocycles. The summed E-state index contributed by atoms with van der Waals surface area (Å²) in [6.07, 6.45) is 1.13. The molecule has 4 rings (SSSR count). The Morgan fingerprint density at radius 1 is 1.20 bits per heavy atom. The number of anilines is 1. The van der Waals surface area contributed by atoms with Crippen LogP contribution in [0.1, 0.15) is 39.8 Å². The summed E-state index contributed by atoms with van der Waals surface area (Å²) in [4.78, 5) is 0. The van der Waals surface area contributed by atoms with Gasteiger partial charge in [0.25, 0.3) is 0 Å². The zero-order chi connectivity index (χ0) is 13.9. The number of hydrogen-bond acceptors (Lipinski definition) is 2. The monoisotopic (exact) mass is 265 g/mol. The normalized spacial score (nSPS) is 21.9. The van der Waals surface area contributed by atoms with Crippen LogP contribution in [0.5, 0.6) is 5.75 Å². The maximum absolute atomic E-state index is 5.60. The number of benzene rings is 2. The molecule has 1 N–H and O–H groups in total. The molecule has 0 saturated heterocycles. The topological polar surface area (TPSA) is 21.3 Å². The third-order valence-corrected chi connectivity index (χ3v) is 4.87. The fraction of sp³-hybridized carbons (Fsp3) is 0.333. The lowest BCUT2D eigenvalue weighted by atomic mass is 9.90. The first-order chi connectivity index (χ1) is 9.70. The number of ether oxygens (including phenoxy) is 1. The molecule has 2 aromatic carbocycles. The number of aryl methyl sites for hydroxylation is 1. The molecule has 0 spiro atoms. The second-order valence-electron chi connectivity index (χ2n) is 5.94. The third-order valence-electron chi connectivity index (χ3n) is 4.87. The van der Waals surface area contributed by atoms with Gasteiger partial charge in [-0.2, -0.15) is 0 Å². The fourth-order valence-corrected chi connectivity index (χ4v) is 4.10. The van der Waals surface area contributed by atoms with Gasteiger partial charge < -0.3 is 10.1 Å². The van der Waals surface area contributed by atoms with Crippen molar-refractivity contribution >= 4 is 5.69 Å². The summed E-state index contributed by atoms with van der Waals surface area (Å²) in [5, 5.41) is 3.73. The van der Waals surface area contributed by atoms with Crippen molar-refractivity contribution in [2.45, 2.75) is 32.2 Å². The van der Waals surface area contributed by atoms with Gasteiger partial charge in [-0.3, -0.25) is 0 Å². The van der Waals surface area contributed by atoms with E-state index in [-0.39, 0.29) is 0 Å². The van der Waals surface area contributed by atoms with E-state index in [2.05, 4.69) is 49.5 Å². The van der Waals surface area contributed by atoms with Gasteiger partial charge in [0.2, 0.25) is 0 Å².